The molecule has 0 spiro atoms. The van der Waals surface area contributed by atoms with Gasteiger partial charge in [-0.3, -0.25) is 9.48 Å². The SMILES string of the molecule is Cn1ccc(C(=O)N/N=C(\C=C\c2ccccc2)c2ccccc2)n1. The fourth-order valence-electron chi connectivity index (χ4n) is 2.25. The maximum atomic E-state index is 12.1. The predicted octanol–water partition coefficient (Wildman–Crippen LogP) is 3.27. The summed E-state index contributed by atoms with van der Waals surface area (Å²) >= 11 is 0. The zero-order valence-corrected chi connectivity index (χ0v) is 13.8. The third-order valence-electron chi connectivity index (χ3n) is 3.53. The predicted molar refractivity (Wildman–Crippen MR) is 99.1 cm³/mol. The number of carbonyl (C=O) groups excluding carboxylic acids is 1. The molecule has 124 valence electrons. The summed E-state index contributed by atoms with van der Waals surface area (Å²) < 4.78 is 1.58. The Morgan fingerprint density at radius 2 is 1.72 bits per heavy atom. The number of nitrogens with one attached hydrogen (secondary N) is 1. The Morgan fingerprint density at radius 1 is 1.04 bits per heavy atom. The highest BCUT2D eigenvalue weighted by atomic mass is 16.2. The van der Waals surface area contributed by atoms with Crippen LogP contribution in [-0.2, 0) is 7.05 Å². The molecule has 0 unspecified atom stereocenters. The van der Waals surface area contributed by atoms with Crippen molar-refractivity contribution in [1.82, 2.24) is 15.2 Å². The van der Waals surface area contributed by atoms with Crippen LogP contribution in [0.25, 0.3) is 6.08 Å². The van der Waals surface area contributed by atoms with Crippen molar-refractivity contribution in [3.63, 3.8) is 0 Å². The Kier molecular flexibility index (Phi) is 5.16. The average molecular weight is 330 g/mol. The zero-order chi connectivity index (χ0) is 17.5. The summed E-state index contributed by atoms with van der Waals surface area (Å²) in [6, 6.07) is 21.3. The van der Waals surface area contributed by atoms with Gasteiger partial charge in [0.1, 0.15) is 0 Å². The molecule has 5 heteroatoms. The van der Waals surface area contributed by atoms with Crippen LogP contribution in [0.5, 0.6) is 0 Å². The second kappa shape index (κ2) is 7.88. The number of aryl methyl sites for hydroxylation is 1. The number of allylic oxidation sites excluding steroid dienone is 1. The standard InChI is InChI=1S/C20H18N4O/c1-24-15-14-19(23-24)20(25)22-21-18(17-10-6-3-7-11-17)13-12-16-8-4-2-5-9-16/h2-15H,1H3,(H,22,25)/b13-12+,21-18+. The second-order valence-electron chi connectivity index (χ2n) is 5.42. The van der Waals surface area contributed by atoms with E-state index in [9.17, 15) is 4.79 Å². The van der Waals surface area contributed by atoms with Gasteiger partial charge in [0.25, 0.3) is 5.91 Å². The topological polar surface area (TPSA) is 59.3 Å². The van der Waals surface area contributed by atoms with Gasteiger partial charge >= 0.3 is 0 Å². The lowest BCUT2D eigenvalue weighted by molar-refractivity contribution is 0.0949. The molecule has 0 bridgehead atoms. The van der Waals surface area contributed by atoms with Crippen molar-refractivity contribution in [2.75, 3.05) is 0 Å². The van der Waals surface area contributed by atoms with Crippen molar-refractivity contribution in [3.8, 4) is 0 Å². The molecular weight excluding hydrogens is 312 g/mol. The number of amides is 1. The van der Waals surface area contributed by atoms with Crippen LogP contribution in [0, 0.1) is 0 Å². The second-order valence-corrected chi connectivity index (χ2v) is 5.42. The van der Waals surface area contributed by atoms with E-state index < -0.39 is 0 Å². The normalized spacial score (nSPS) is 11.6. The molecule has 1 amide bonds. The summed E-state index contributed by atoms with van der Waals surface area (Å²) in [7, 11) is 1.76. The Morgan fingerprint density at radius 3 is 2.36 bits per heavy atom. The molecule has 1 aromatic heterocycles. The molecule has 0 saturated heterocycles. The van der Waals surface area contributed by atoms with Crippen LogP contribution in [0.3, 0.4) is 0 Å². The van der Waals surface area contributed by atoms with E-state index in [-0.39, 0.29) is 5.91 Å². The first-order valence-corrected chi connectivity index (χ1v) is 7.88. The van der Waals surface area contributed by atoms with Crippen molar-refractivity contribution < 1.29 is 4.79 Å². The van der Waals surface area contributed by atoms with Gasteiger partial charge in [0.05, 0.1) is 5.71 Å². The molecule has 0 atom stereocenters. The number of nitrogens with zero attached hydrogens (tertiary/aromatic N) is 3. The summed E-state index contributed by atoms with van der Waals surface area (Å²) in [6.07, 6.45) is 5.55. The summed E-state index contributed by atoms with van der Waals surface area (Å²) in [5.41, 5.74) is 5.53. The first kappa shape index (κ1) is 16.4. The molecule has 0 fully saturated rings. The summed E-state index contributed by atoms with van der Waals surface area (Å²) in [6.45, 7) is 0. The maximum absolute atomic E-state index is 12.1. The van der Waals surface area contributed by atoms with E-state index in [2.05, 4.69) is 15.6 Å². The van der Waals surface area contributed by atoms with Crippen LogP contribution in [0.4, 0.5) is 0 Å². The van der Waals surface area contributed by atoms with E-state index in [0.29, 0.717) is 11.4 Å². The third-order valence-corrected chi connectivity index (χ3v) is 3.53. The van der Waals surface area contributed by atoms with Crippen LogP contribution in [-0.4, -0.2) is 21.4 Å². The lowest BCUT2D eigenvalue weighted by Gasteiger charge is -2.03. The van der Waals surface area contributed by atoms with E-state index in [4.69, 9.17) is 0 Å². The van der Waals surface area contributed by atoms with Crippen LogP contribution >= 0.6 is 0 Å². The van der Waals surface area contributed by atoms with Gasteiger partial charge in [-0.2, -0.15) is 10.2 Å². The van der Waals surface area contributed by atoms with E-state index in [1.165, 1.54) is 0 Å². The van der Waals surface area contributed by atoms with E-state index >= 15 is 0 Å². The molecule has 25 heavy (non-hydrogen) atoms. The van der Waals surface area contributed by atoms with Gasteiger partial charge in [0.15, 0.2) is 5.69 Å². The molecule has 0 aliphatic carbocycles. The van der Waals surface area contributed by atoms with E-state index in [0.717, 1.165) is 11.1 Å². The number of hydrazone groups is 1. The Bertz CT molecular complexity index is 896. The van der Waals surface area contributed by atoms with Crippen LogP contribution < -0.4 is 5.43 Å². The lowest BCUT2D eigenvalue weighted by Crippen LogP contribution is -2.20. The van der Waals surface area contributed by atoms with Gasteiger partial charge in [0, 0.05) is 18.8 Å². The minimum absolute atomic E-state index is 0.325. The number of rotatable bonds is 5. The molecule has 3 rings (SSSR count). The number of hydrogen-bond acceptors (Lipinski definition) is 3. The van der Waals surface area contributed by atoms with Crippen LogP contribution in [0.2, 0.25) is 0 Å². The Hall–Kier alpha value is -3.47. The smallest absolute Gasteiger partial charge is 0.275 e. The third kappa shape index (κ3) is 4.51. The molecule has 3 aromatic rings. The van der Waals surface area contributed by atoms with Crippen LogP contribution in [0.1, 0.15) is 21.6 Å². The minimum atomic E-state index is -0.345. The van der Waals surface area contributed by atoms with Crippen LogP contribution in [0.15, 0.2) is 84.1 Å². The monoisotopic (exact) mass is 330 g/mol. The van der Waals surface area contributed by atoms with Crippen molar-refractivity contribution in [3.05, 3.63) is 95.8 Å². The number of carbonyl (C=O) groups is 1. The van der Waals surface area contributed by atoms with Gasteiger partial charge in [-0.05, 0) is 17.7 Å². The minimum Gasteiger partial charge on any atom is -0.275 e. The van der Waals surface area contributed by atoms with Crippen molar-refractivity contribution in [1.29, 1.82) is 0 Å². The number of benzene rings is 2. The van der Waals surface area contributed by atoms with E-state index in [1.54, 1.807) is 24.0 Å². The van der Waals surface area contributed by atoms with Gasteiger partial charge in [0.2, 0.25) is 0 Å². The Balaban J connectivity index is 1.83. The molecule has 2 aromatic carbocycles. The fraction of sp³-hybridized carbons (Fsp3) is 0.0500. The molecule has 0 radical (unpaired) electrons. The number of aromatic nitrogens is 2. The van der Waals surface area contributed by atoms with Crippen molar-refractivity contribution in [2.24, 2.45) is 12.1 Å². The van der Waals surface area contributed by atoms with E-state index in [1.807, 2.05) is 72.8 Å². The van der Waals surface area contributed by atoms with Gasteiger partial charge < -0.3 is 0 Å². The molecule has 0 saturated carbocycles. The summed E-state index contributed by atoms with van der Waals surface area (Å²) in [5, 5.41) is 8.35. The maximum Gasteiger partial charge on any atom is 0.291 e. The highest BCUT2D eigenvalue weighted by Gasteiger charge is 2.08. The van der Waals surface area contributed by atoms with Gasteiger partial charge in [-0.15, -0.1) is 0 Å². The molecule has 0 aliphatic heterocycles. The summed E-state index contributed by atoms with van der Waals surface area (Å²) in [4.78, 5) is 12.1. The molecule has 0 aliphatic rings. The van der Waals surface area contributed by atoms with Crippen molar-refractivity contribution in [2.45, 2.75) is 0 Å². The quantitative estimate of drug-likeness (QED) is 0.576. The van der Waals surface area contributed by atoms with Gasteiger partial charge in [-0.25, -0.2) is 5.43 Å². The highest BCUT2D eigenvalue weighted by Crippen LogP contribution is 2.07. The van der Waals surface area contributed by atoms with Crippen molar-refractivity contribution >= 4 is 17.7 Å². The molecule has 1 heterocycles. The molecule has 5 nitrogen and oxygen atoms in total. The highest BCUT2D eigenvalue weighted by molar-refractivity contribution is 6.11. The Labute approximate surface area is 146 Å². The fourth-order valence-corrected chi connectivity index (χ4v) is 2.25. The lowest BCUT2D eigenvalue weighted by atomic mass is 10.1. The molecular formula is C20H18N4O. The van der Waals surface area contributed by atoms with Gasteiger partial charge in [-0.1, -0.05) is 66.7 Å². The average Bonchev–Trinajstić information content (AvgIpc) is 3.10. The molecule has 1 N–H and O–H groups in total. The summed E-state index contributed by atoms with van der Waals surface area (Å²) in [5.74, 6) is -0.345. The zero-order valence-electron chi connectivity index (χ0n) is 13.8. The largest absolute Gasteiger partial charge is 0.291 e. The first-order valence-electron chi connectivity index (χ1n) is 7.88. The number of hydrogen-bond donors (Lipinski definition) is 1. The first-order chi connectivity index (χ1) is 12.2.